The summed E-state index contributed by atoms with van der Waals surface area (Å²) in [5.74, 6) is 2.31. The fraction of sp³-hybridized carbons (Fsp3) is 0.621. The first-order valence-corrected chi connectivity index (χ1v) is 14.3. The maximum absolute atomic E-state index is 12.8. The predicted octanol–water partition coefficient (Wildman–Crippen LogP) is 2.77. The number of aryl methyl sites for hydroxylation is 1. The minimum atomic E-state index is -0.759. The molecular weight excluding hydrogens is 508 g/mol. The standard InChI is InChI=1S/C29H44N8O3/c1-18-24(32-16-23(30-6)27(38)35-19(2)28(39)40-29(3,4)5)33-17-34-26(18)37-14-11-20(12-15-37)22-10-9-21-8-7-13-31-25(21)36-22/h9-10,17,19-20,23,30H,7-8,11-16H2,1-6H3,(H,31,36)(H,35,38)(H,32,33,34). The third-order valence-corrected chi connectivity index (χ3v) is 7.44. The van der Waals surface area contributed by atoms with E-state index >= 15 is 0 Å². The van der Waals surface area contributed by atoms with Gasteiger partial charge in [0.05, 0.1) is 0 Å². The summed E-state index contributed by atoms with van der Waals surface area (Å²) in [5, 5.41) is 12.5. The van der Waals surface area contributed by atoms with E-state index in [1.54, 1.807) is 41.1 Å². The number of carbonyl (C=O) groups is 2. The lowest BCUT2D eigenvalue weighted by molar-refractivity contribution is -0.158. The van der Waals surface area contributed by atoms with E-state index in [-0.39, 0.29) is 5.91 Å². The predicted molar refractivity (Wildman–Crippen MR) is 157 cm³/mol. The van der Waals surface area contributed by atoms with Crippen LogP contribution in [0.2, 0.25) is 0 Å². The molecule has 1 amide bonds. The van der Waals surface area contributed by atoms with Gasteiger partial charge in [-0.1, -0.05) is 6.07 Å². The lowest BCUT2D eigenvalue weighted by Crippen LogP contribution is -2.52. The molecule has 0 saturated carbocycles. The third-order valence-electron chi connectivity index (χ3n) is 7.44. The summed E-state index contributed by atoms with van der Waals surface area (Å²) < 4.78 is 5.37. The first-order valence-electron chi connectivity index (χ1n) is 14.3. The van der Waals surface area contributed by atoms with Crippen molar-refractivity contribution >= 4 is 29.3 Å². The second-order valence-corrected chi connectivity index (χ2v) is 11.7. The highest BCUT2D eigenvalue weighted by Crippen LogP contribution is 2.33. The van der Waals surface area contributed by atoms with Gasteiger partial charge in [-0.2, -0.15) is 0 Å². The number of pyridine rings is 1. The highest BCUT2D eigenvalue weighted by atomic mass is 16.6. The number of piperidine rings is 1. The zero-order chi connectivity index (χ0) is 28.9. The summed E-state index contributed by atoms with van der Waals surface area (Å²) in [6.45, 7) is 12.1. The molecule has 2 aliphatic heterocycles. The third kappa shape index (κ3) is 7.38. The summed E-state index contributed by atoms with van der Waals surface area (Å²) in [6.07, 6.45) is 5.85. The summed E-state index contributed by atoms with van der Waals surface area (Å²) >= 11 is 0. The molecule has 4 heterocycles. The van der Waals surface area contributed by atoms with E-state index in [9.17, 15) is 9.59 Å². The quantitative estimate of drug-likeness (QED) is 0.344. The Balaban J connectivity index is 1.32. The van der Waals surface area contributed by atoms with Crippen LogP contribution in [0, 0.1) is 6.92 Å². The molecule has 0 aromatic carbocycles. The number of nitrogens with zero attached hydrogens (tertiary/aromatic N) is 4. The van der Waals surface area contributed by atoms with E-state index in [2.05, 4.69) is 48.3 Å². The molecule has 1 fully saturated rings. The van der Waals surface area contributed by atoms with Gasteiger partial charge >= 0.3 is 5.97 Å². The van der Waals surface area contributed by atoms with Crippen LogP contribution < -0.4 is 26.2 Å². The maximum atomic E-state index is 12.8. The van der Waals surface area contributed by atoms with Crippen molar-refractivity contribution in [2.24, 2.45) is 0 Å². The van der Waals surface area contributed by atoms with Crippen molar-refractivity contribution in [1.82, 2.24) is 25.6 Å². The Morgan fingerprint density at radius 2 is 1.95 bits per heavy atom. The smallest absolute Gasteiger partial charge is 0.328 e. The molecule has 40 heavy (non-hydrogen) atoms. The molecule has 11 heteroatoms. The molecule has 218 valence electrons. The summed E-state index contributed by atoms with van der Waals surface area (Å²) in [6, 6.07) is 3.11. The number of fused-ring (bicyclic) bond motifs is 1. The Morgan fingerprint density at radius 1 is 1.20 bits per heavy atom. The van der Waals surface area contributed by atoms with Crippen molar-refractivity contribution in [3.8, 4) is 0 Å². The number of nitrogens with one attached hydrogen (secondary N) is 4. The number of hydrogen-bond donors (Lipinski definition) is 4. The average molecular weight is 553 g/mol. The highest BCUT2D eigenvalue weighted by molar-refractivity contribution is 5.87. The molecule has 2 atom stereocenters. The molecule has 0 bridgehead atoms. The van der Waals surface area contributed by atoms with Gasteiger partial charge in [0.1, 0.15) is 41.5 Å². The lowest BCUT2D eigenvalue weighted by atomic mass is 9.92. The fourth-order valence-corrected chi connectivity index (χ4v) is 5.18. The van der Waals surface area contributed by atoms with Crippen molar-refractivity contribution in [3.63, 3.8) is 0 Å². The van der Waals surface area contributed by atoms with E-state index in [0.717, 1.165) is 62.5 Å². The Kier molecular flexibility index (Phi) is 9.44. The Bertz CT molecular complexity index is 1190. The Morgan fingerprint density at radius 3 is 2.65 bits per heavy atom. The van der Waals surface area contributed by atoms with Crippen LogP contribution >= 0.6 is 0 Å². The van der Waals surface area contributed by atoms with Gasteiger partial charge in [-0.15, -0.1) is 0 Å². The van der Waals surface area contributed by atoms with Crippen LogP contribution in [-0.2, 0) is 20.7 Å². The van der Waals surface area contributed by atoms with E-state index in [0.29, 0.717) is 18.3 Å². The van der Waals surface area contributed by atoms with Crippen LogP contribution in [0.15, 0.2) is 18.5 Å². The number of aromatic nitrogens is 3. The summed E-state index contributed by atoms with van der Waals surface area (Å²) in [7, 11) is 1.71. The van der Waals surface area contributed by atoms with E-state index in [4.69, 9.17) is 9.72 Å². The van der Waals surface area contributed by atoms with Gasteiger partial charge < -0.3 is 30.9 Å². The first-order chi connectivity index (χ1) is 19.1. The van der Waals surface area contributed by atoms with Gasteiger partial charge in [0.2, 0.25) is 5.91 Å². The average Bonchev–Trinajstić information content (AvgIpc) is 2.93. The van der Waals surface area contributed by atoms with Gasteiger partial charge in [0.15, 0.2) is 0 Å². The molecule has 11 nitrogen and oxygen atoms in total. The van der Waals surface area contributed by atoms with Gasteiger partial charge in [0.25, 0.3) is 0 Å². The molecule has 2 aliphatic rings. The molecule has 2 aromatic rings. The molecule has 2 unspecified atom stereocenters. The number of anilines is 3. The largest absolute Gasteiger partial charge is 0.458 e. The zero-order valence-electron chi connectivity index (χ0n) is 24.6. The SMILES string of the molecule is CNC(CNc1ncnc(N2CCC(c3ccc4c(n3)NCCC4)CC2)c1C)C(=O)NC(C)C(=O)OC(C)(C)C. The molecule has 0 spiro atoms. The molecule has 0 radical (unpaired) electrons. The number of ether oxygens (including phenoxy) is 1. The van der Waals surface area contributed by atoms with Crippen LogP contribution in [-0.4, -0.2) is 77.7 Å². The highest BCUT2D eigenvalue weighted by Gasteiger charge is 2.27. The minimum Gasteiger partial charge on any atom is -0.458 e. The van der Waals surface area contributed by atoms with Gasteiger partial charge in [-0.3, -0.25) is 4.79 Å². The number of esters is 1. The fourth-order valence-electron chi connectivity index (χ4n) is 5.18. The summed E-state index contributed by atoms with van der Waals surface area (Å²) in [5.41, 5.74) is 2.81. The Hall–Kier alpha value is -3.47. The minimum absolute atomic E-state index is 0.292. The van der Waals surface area contributed by atoms with E-state index in [1.165, 1.54) is 11.3 Å². The van der Waals surface area contributed by atoms with Crippen LogP contribution in [0.5, 0.6) is 0 Å². The van der Waals surface area contributed by atoms with Crippen LogP contribution in [0.3, 0.4) is 0 Å². The molecule has 1 saturated heterocycles. The van der Waals surface area contributed by atoms with Crippen molar-refractivity contribution in [1.29, 1.82) is 0 Å². The maximum Gasteiger partial charge on any atom is 0.328 e. The van der Waals surface area contributed by atoms with Crippen molar-refractivity contribution in [2.45, 2.75) is 83.9 Å². The molecule has 4 rings (SSSR count). The van der Waals surface area contributed by atoms with Gasteiger partial charge in [-0.25, -0.2) is 19.7 Å². The first kappa shape index (κ1) is 29.5. The second-order valence-electron chi connectivity index (χ2n) is 11.7. The van der Waals surface area contributed by atoms with Crippen LogP contribution in [0.25, 0.3) is 0 Å². The number of amides is 1. The second kappa shape index (κ2) is 12.8. The van der Waals surface area contributed by atoms with Gasteiger partial charge in [-0.05, 0) is 79.0 Å². The molecular formula is C29H44N8O3. The number of carbonyl (C=O) groups excluding carboxylic acids is 2. The molecule has 4 N–H and O–H groups in total. The van der Waals surface area contributed by atoms with Crippen LogP contribution in [0.4, 0.5) is 17.5 Å². The van der Waals surface area contributed by atoms with Crippen LogP contribution in [0.1, 0.15) is 69.7 Å². The van der Waals surface area contributed by atoms with E-state index < -0.39 is 23.7 Å². The van der Waals surface area contributed by atoms with Crippen molar-refractivity contribution in [3.05, 3.63) is 35.3 Å². The molecule has 2 aromatic heterocycles. The lowest BCUT2D eigenvalue weighted by Gasteiger charge is -2.34. The van der Waals surface area contributed by atoms with Crippen molar-refractivity contribution < 1.29 is 14.3 Å². The molecule has 0 aliphatic carbocycles. The van der Waals surface area contributed by atoms with Crippen molar-refractivity contribution in [2.75, 3.05) is 48.8 Å². The number of likely N-dealkylation sites (N-methyl/N-ethyl adjacent to an activating group) is 1. The van der Waals surface area contributed by atoms with Gasteiger partial charge in [0, 0.05) is 43.4 Å². The monoisotopic (exact) mass is 552 g/mol. The number of rotatable bonds is 9. The topological polar surface area (TPSA) is 133 Å². The number of hydrogen-bond acceptors (Lipinski definition) is 10. The summed E-state index contributed by atoms with van der Waals surface area (Å²) in [4.78, 5) is 41.4. The Labute approximate surface area is 237 Å². The van der Waals surface area contributed by atoms with E-state index in [1.807, 2.05) is 6.92 Å². The normalized spacial score (nSPS) is 17.3. The zero-order valence-corrected chi connectivity index (χ0v) is 24.6.